The Kier molecular flexibility index (Phi) is 2.78. The first-order chi connectivity index (χ1) is 9.08. The van der Waals surface area contributed by atoms with Crippen molar-refractivity contribution in [2.45, 2.75) is 25.8 Å². The number of carboxylic acids is 1. The van der Waals surface area contributed by atoms with Gasteiger partial charge in [-0.25, -0.2) is 0 Å². The number of hydrogen-bond donors (Lipinski definition) is 1. The number of hydrogen-bond acceptors (Lipinski definition) is 3. The van der Waals surface area contributed by atoms with Crippen LogP contribution in [0.15, 0.2) is 24.3 Å². The van der Waals surface area contributed by atoms with Gasteiger partial charge < -0.3 is 9.67 Å². The molecule has 3 heterocycles. The van der Waals surface area contributed by atoms with Crippen LogP contribution in [0, 0.1) is 6.92 Å². The Morgan fingerprint density at radius 2 is 2.11 bits per heavy atom. The Hall–Kier alpha value is -1.88. The topological polar surface area (TPSA) is 59.3 Å². The van der Waals surface area contributed by atoms with Gasteiger partial charge in [0.2, 0.25) is 5.78 Å². The van der Waals surface area contributed by atoms with Gasteiger partial charge in [-0.05, 0) is 37.6 Å². The monoisotopic (exact) mass is 275 g/mol. The first-order valence-corrected chi connectivity index (χ1v) is 6.93. The maximum absolute atomic E-state index is 12.4. The number of carbonyl (C=O) groups is 2. The fourth-order valence-electron chi connectivity index (χ4n) is 2.57. The molecule has 1 N–H and O–H groups in total. The predicted octanol–water partition coefficient (Wildman–Crippen LogP) is 2.66. The molecular formula is C14H13NO3S. The summed E-state index contributed by atoms with van der Waals surface area (Å²) in [5, 5.41) is 9.13. The van der Waals surface area contributed by atoms with E-state index in [9.17, 15) is 9.59 Å². The molecule has 0 amide bonds. The number of thiophene rings is 1. The molecule has 1 atom stereocenters. The average Bonchev–Trinajstić information content (AvgIpc) is 3.01. The number of ketones is 1. The van der Waals surface area contributed by atoms with Gasteiger partial charge in [-0.1, -0.05) is 0 Å². The van der Waals surface area contributed by atoms with Crippen LogP contribution in [0.2, 0.25) is 0 Å². The number of nitrogens with zero attached hydrogens (tertiary/aromatic N) is 1. The van der Waals surface area contributed by atoms with Gasteiger partial charge in [0, 0.05) is 17.1 Å². The Morgan fingerprint density at radius 3 is 2.74 bits per heavy atom. The van der Waals surface area contributed by atoms with E-state index in [1.807, 2.05) is 23.6 Å². The van der Waals surface area contributed by atoms with E-state index in [2.05, 4.69) is 0 Å². The summed E-state index contributed by atoms with van der Waals surface area (Å²) in [6.45, 7) is 2.56. The standard InChI is InChI=1S/C14H13NO3S/c1-8-2-5-12(19-8)13(16)11-4-3-10-9(14(17)18)6-7-15(10)11/h2-5,9H,6-7H2,1H3,(H,17,18). The highest BCUT2D eigenvalue weighted by atomic mass is 32.1. The second-order valence-electron chi connectivity index (χ2n) is 4.71. The maximum Gasteiger partial charge on any atom is 0.312 e. The number of aliphatic carboxylic acids is 1. The van der Waals surface area contributed by atoms with Crippen LogP contribution in [0.5, 0.6) is 0 Å². The molecule has 19 heavy (non-hydrogen) atoms. The molecule has 5 heteroatoms. The van der Waals surface area contributed by atoms with E-state index in [4.69, 9.17) is 5.11 Å². The Balaban J connectivity index is 1.98. The van der Waals surface area contributed by atoms with Crippen molar-refractivity contribution >= 4 is 23.1 Å². The Morgan fingerprint density at radius 1 is 1.32 bits per heavy atom. The molecule has 0 radical (unpaired) electrons. The summed E-state index contributed by atoms with van der Waals surface area (Å²) in [6.07, 6.45) is 0.565. The zero-order valence-electron chi connectivity index (χ0n) is 10.4. The quantitative estimate of drug-likeness (QED) is 0.876. The lowest BCUT2D eigenvalue weighted by molar-refractivity contribution is -0.138. The van der Waals surface area contributed by atoms with Gasteiger partial charge in [0.15, 0.2) is 0 Å². The molecule has 0 saturated carbocycles. The highest BCUT2D eigenvalue weighted by molar-refractivity contribution is 7.14. The lowest BCUT2D eigenvalue weighted by atomic mass is 10.1. The van der Waals surface area contributed by atoms with E-state index in [-0.39, 0.29) is 5.78 Å². The highest BCUT2D eigenvalue weighted by Gasteiger charge is 2.31. The van der Waals surface area contributed by atoms with Crippen LogP contribution in [0.25, 0.3) is 0 Å². The Labute approximate surface area is 114 Å². The van der Waals surface area contributed by atoms with Gasteiger partial charge >= 0.3 is 5.97 Å². The van der Waals surface area contributed by atoms with Crippen LogP contribution < -0.4 is 0 Å². The molecule has 0 saturated heterocycles. The molecule has 3 rings (SSSR count). The van der Waals surface area contributed by atoms with Gasteiger partial charge in [0.25, 0.3) is 0 Å². The van der Waals surface area contributed by atoms with Gasteiger partial charge in [-0.15, -0.1) is 11.3 Å². The molecule has 0 spiro atoms. The summed E-state index contributed by atoms with van der Waals surface area (Å²) < 4.78 is 1.84. The summed E-state index contributed by atoms with van der Waals surface area (Å²) in [7, 11) is 0. The third-order valence-corrected chi connectivity index (χ3v) is 4.51. The number of aromatic nitrogens is 1. The van der Waals surface area contributed by atoms with E-state index in [1.165, 1.54) is 11.3 Å². The summed E-state index contributed by atoms with van der Waals surface area (Å²) >= 11 is 1.47. The molecule has 98 valence electrons. The first kappa shape index (κ1) is 12.2. The molecule has 0 bridgehead atoms. The van der Waals surface area contributed by atoms with Gasteiger partial charge in [0.05, 0.1) is 16.5 Å². The van der Waals surface area contributed by atoms with Crippen molar-refractivity contribution < 1.29 is 14.7 Å². The normalized spacial score (nSPS) is 17.4. The lowest BCUT2D eigenvalue weighted by Crippen LogP contribution is -2.09. The van der Waals surface area contributed by atoms with Crippen LogP contribution in [0.1, 0.15) is 38.3 Å². The molecule has 2 aromatic rings. The summed E-state index contributed by atoms with van der Waals surface area (Å²) in [4.78, 5) is 25.3. The molecule has 1 aliphatic heterocycles. The fourth-order valence-corrected chi connectivity index (χ4v) is 3.39. The molecule has 0 aliphatic carbocycles. The van der Waals surface area contributed by atoms with E-state index in [0.29, 0.717) is 23.5 Å². The van der Waals surface area contributed by atoms with Crippen LogP contribution >= 0.6 is 11.3 Å². The van der Waals surface area contributed by atoms with Crippen molar-refractivity contribution in [1.82, 2.24) is 4.57 Å². The number of fused-ring (bicyclic) bond motifs is 1. The average molecular weight is 275 g/mol. The van der Waals surface area contributed by atoms with E-state index < -0.39 is 11.9 Å². The zero-order chi connectivity index (χ0) is 13.6. The van der Waals surface area contributed by atoms with Crippen molar-refractivity contribution in [1.29, 1.82) is 0 Å². The van der Waals surface area contributed by atoms with E-state index in [1.54, 1.807) is 12.1 Å². The summed E-state index contributed by atoms with van der Waals surface area (Å²) in [5.74, 6) is -1.31. The van der Waals surface area contributed by atoms with Gasteiger partial charge in [-0.2, -0.15) is 0 Å². The molecule has 1 unspecified atom stereocenters. The summed E-state index contributed by atoms with van der Waals surface area (Å²) in [6, 6.07) is 7.25. The fraction of sp³-hybridized carbons (Fsp3) is 0.286. The van der Waals surface area contributed by atoms with Crippen molar-refractivity contribution in [3.8, 4) is 0 Å². The van der Waals surface area contributed by atoms with Crippen LogP contribution in [0.3, 0.4) is 0 Å². The first-order valence-electron chi connectivity index (χ1n) is 6.11. The molecule has 1 aliphatic rings. The smallest absolute Gasteiger partial charge is 0.312 e. The third kappa shape index (κ3) is 1.90. The molecule has 0 aromatic carbocycles. The van der Waals surface area contributed by atoms with E-state index >= 15 is 0 Å². The van der Waals surface area contributed by atoms with Crippen LogP contribution in [-0.4, -0.2) is 21.4 Å². The maximum atomic E-state index is 12.4. The van der Waals surface area contributed by atoms with Crippen molar-refractivity contribution in [3.63, 3.8) is 0 Å². The molecule has 0 fully saturated rings. The lowest BCUT2D eigenvalue weighted by Gasteiger charge is -2.04. The highest BCUT2D eigenvalue weighted by Crippen LogP contribution is 2.32. The Bertz CT molecular complexity index is 668. The minimum absolute atomic E-state index is 0.0182. The zero-order valence-corrected chi connectivity index (χ0v) is 11.2. The van der Waals surface area contributed by atoms with Crippen molar-refractivity contribution in [2.75, 3.05) is 0 Å². The number of carbonyl (C=O) groups excluding carboxylic acids is 1. The number of rotatable bonds is 3. The van der Waals surface area contributed by atoms with Crippen LogP contribution in [-0.2, 0) is 11.3 Å². The second-order valence-corrected chi connectivity index (χ2v) is 6.00. The van der Waals surface area contributed by atoms with Crippen molar-refractivity contribution in [2.24, 2.45) is 0 Å². The minimum Gasteiger partial charge on any atom is -0.481 e. The SMILES string of the molecule is Cc1ccc(C(=O)c2ccc3n2CCC3C(=O)O)s1. The predicted molar refractivity (Wildman–Crippen MR) is 71.9 cm³/mol. The minimum atomic E-state index is -0.817. The number of carboxylic acid groups (broad SMARTS) is 1. The summed E-state index contributed by atoms with van der Waals surface area (Å²) in [5.41, 5.74) is 1.34. The molecule has 4 nitrogen and oxygen atoms in total. The second kappa shape index (κ2) is 4.35. The van der Waals surface area contributed by atoms with Crippen molar-refractivity contribution in [3.05, 3.63) is 45.4 Å². The largest absolute Gasteiger partial charge is 0.481 e. The molecular weight excluding hydrogens is 262 g/mol. The number of aryl methyl sites for hydroxylation is 1. The van der Waals surface area contributed by atoms with E-state index in [0.717, 1.165) is 10.6 Å². The third-order valence-electron chi connectivity index (χ3n) is 3.51. The van der Waals surface area contributed by atoms with Gasteiger partial charge in [-0.3, -0.25) is 9.59 Å². The molecule has 2 aromatic heterocycles. The van der Waals surface area contributed by atoms with Gasteiger partial charge in [0.1, 0.15) is 0 Å². The van der Waals surface area contributed by atoms with Crippen LogP contribution in [0.4, 0.5) is 0 Å².